The molecule has 28 heavy (non-hydrogen) atoms. The van der Waals surface area contributed by atoms with Gasteiger partial charge in [-0.2, -0.15) is 0 Å². The largest absolute Gasteiger partial charge is 0.355 e. The summed E-state index contributed by atoms with van der Waals surface area (Å²) in [5.41, 5.74) is 1.77. The number of rotatable bonds is 4. The number of hydrogen-bond donors (Lipinski definition) is 2. The van der Waals surface area contributed by atoms with E-state index in [1.54, 1.807) is 7.05 Å². The minimum absolute atomic E-state index is 0. The van der Waals surface area contributed by atoms with Crippen LogP contribution in [0, 0.1) is 0 Å². The number of halogens is 1. The Morgan fingerprint density at radius 2 is 1.82 bits per heavy atom. The van der Waals surface area contributed by atoms with Gasteiger partial charge in [0.1, 0.15) is 5.82 Å². The smallest absolute Gasteiger partial charge is 0.251 e. The Morgan fingerprint density at radius 1 is 1.11 bits per heavy atom. The van der Waals surface area contributed by atoms with Gasteiger partial charge in [-0.1, -0.05) is 18.2 Å². The number of aliphatic imine (C=N–C) groups is 1. The second kappa shape index (κ2) is 10.8. The van der Waals surface area contributed by atoms with E-state index in [1.165, 1.54) is 0 Å². The van der Waals surface area contributed by atoms with Crippen molar-refractivity contribution < 1.29 is 4.79 Å². The molecule has 1 aliphatic rings. The summed E-state index contributed by atoms with van der Waals surface area (Å²) in [5, 5.41) is 6.04. The zero-order valence-corrected chi connectivity index (χ0v) is 18.6. The molecule has 0 spiro atoms. The summed E-state index contributed by atoms with van der Waals surface area (Å²) in [6, 6.07) is 13.6. The van der Waals surface area contributed by atoms with Gasteiger partial charge in [0.05, 0.1) is 0 Å². The molecule has 7 nitrogen and oxygen atoms in total. The Hall–Kier alpha value is -2.36. The van der Waals surface area contributed by atoms with Crippen molar-refractivity contribution in [2.75, 3.05) is 45.2 Å². The number of benzene rings is 1. The summed E-state index contributed by atoms with van der Waals surface area (Å²) in [6.45, 7) is 4.29. The third-order valence-electron chi connectivity index (χ3n) is 4.66. The van der Waals surface area contributed by atoms with Crippen LogP contribution in [0.3, 0.4) is 0 Å². The number of hydrogen-bond acceptors (Lipinski definition) is 4. The van der Waals surface area contributed by atoms with Crippen LogP contribution in [0.1, 0.15) is 15.9 Å². The number of pyridine rings is 1. The Bertz CT molecular complexity index is 773. The van der Waals surface area contributed by atoms with Gasteiger partial charge < -0.3 is 20.4 Å². The molecule has 2 aromatic rings. The summed E-state index contributed by atoms with van der Waals surface area (Å²) in [5.74, 6) is 1.85. The summed E-state index contributed by atoms with van der Waals surface area (Å²) in [7, 11) is 3.44. The number of carbonyl (C=O) groups is 1. The first-order chi connectivity index (χ1) is 13.2. The molecular weight excluding hydrogens is 467 g/mol. The van der Waals surface area contributed by atoms with Crippen molar-refractivity contribution in [1.29, 1.82) is 0 Å². The number of nitrogens with one attached hydrogen (secondary N) is 2. The number of piperazine rings is 1. The lowest BCUT2D eigenvalue weighted by atomic mass is 10.1. The van der Waals surface area contributed by atoms with Crippen molar-refractivity contribution in [3.8, 4) is 0 Å². The average Bonchev–Trinajstić information content (AvgIpc) is 2.75. The van der Waals surface area contributed by atoms with E-state index in [2.05, 4.69) is 30.4 Å². The lowest BCUT2D eigenvalue weighted by Crippen LogP contribution is -2.52. The summed E-state index contributed by atoms with van der Waals surface area (Å²) >= 11 is 0. The molecule has 0 radical (unpaired) electrons. The predicted octanol–water partition coefficient (Wildman–Crippen LogP) is 1.96. The van der Waals surface area contributed by atoms with Gasteiger partial charge in [-0.3, -0.25) is 9.79 Å². The van der Waals surface area contributed by atoms with Crippen LogP contribution in [0.25, 0.3) is 0 Å². The molecule has 2 heterocycles. The van der Waals surface area contributed by atoms with Gasteiger partial charge in [-0.05, 0) is 29.8 Å². The van der Waals surface area contributed by atoms with Gasteiger partial charge in [-0.25, -0.2) is 4.98 Å². The third-order valence-corrected chi connectivity index (χ3v) is 4.66. The Balaban J connectivity index is 0.00000280. The van der Waals surface area contributed by atoms with E-state index in [1.807, 2.05) is 55.7 Å². The van der Waals surface area contributed by atoms with Crippen molar-refractivity contribution in [3.05, 3.63) is 59.8 Å². The van der Waals surface area contributed by atoms with Crippen molar-refractivity contribution in [2.45, 2.75) is 6.54 Å². The molecule has 0 unspecified atom stereocenters. The highest BCUT2D eigenvalue weighted by Crippen LogP contribution is 2.12. The SMILES string of the molecule is CN=C(NCc1ccc(C(=O)NC)cc1)N1CCN(c2ccccn2)CC1.I. The highest BCUT2D eigenvalue weighted by atomic mass is 127. The van der Waals surface area contributed by atoms with E-state index in [0.29, 0.717) is 12.1 Å². The van der Waals surface area contributed by atoms with Gasteiger partial charge in [-0.15, -0.1) is 24.0 Å². The highest BCUT2D eigenvalue weighted by molar-refractivity contribution is 14.0. The fraction of sp³-hybridized carbons (Fsp3) is 0.350. The monoisotopic (exact) mass is 494 g/mol. The summed E-state index contributed by atoms with van der Waals surface area (Å²) in [4.78, 5) is 25.0. The molecule has 1 aliphatic heterocycles. The summed E-state index contributed by atoms with van der Waals surface area (Å²) in [6.07, 6.45) is 1.83. The Kier molecular flexibility index (Phi) is 8.49. The second-order valence-electron chi connectivity index (χ2n) is 6.34. The van der Waals surface area contributed by atoms with Crippen LogP contribution < -0.4 is 15.5 Å². The number of carbonyl (C=O) groups excluding carboxylic acids is 1. The van der Waals surface area contributed by atoms with E-state index in [9.17, 15) is 4.79 Å². The van der Waals surface area contributed by atoms with Crippen LogP contribution >= 0.6 is 24.0 Å². The van der Waals surface area contributed by atoms with E-state index < -0.39 is 0 Å². The maximum absolute atomic E-state index is 11.6. The van der Waals surface area contributed by atoms with Crippen molar-refractivity contribution in [2.24, 2.45) is 4.99 Å². The molecule has 2 N–H and O–H groups in total. The van der Waals surface area contributed by atoms with E-state index in [0.717, 1.165) is 43.5 Å². The lowest BCUT2D eigenvalue weighted by Gasteiger charge is -2.37. The third kappa shape index (κ3) is 5.57. The van der Waals surface area contributed by atoms with Gasteiger partial charge in [0.15, 0.2) is 5.96 Å². The first-order valence-electron chi connectivity index (χ1n) is 9.14. The van der Waals surface area contributed by atoms with Crippen molar-refractivity contribution >= 4 is 41.7 Å². The standard InChI is InChI=1S/C20H26N6O.HI/c1-21-19(27)17-8-6-16(7-9-17)15-24-20(22-2)26-13-11-25(12-14-26)18-5-3-4-10-23-18;/h3-10H,11-15H2,1-2H3,(H,21,27)(H,22,24);1H. The van der Waals surface area contributed by atoms with E-state index >= 15 is 0 Å². The number of guanidine groups is 1. The maximum Gasteiger partial charge on any atom is 0.251 e. The summed E-state index contributed by atoms with van der Waals surface area (Å²) < 4.78 is 0. The van der Waals surface area contributed by atoms with Crippen LogP contribution in [0.5, 0.6) is 0 Å². The molecule has 1 amide bonds. The predicted molar refractivity (Wildman–Crippen MR) is 123 cm³/mol. The molecule has 1 saturated heterocycles. The first-order valence-corrected chi connectivity index (χ1v) is 9.14. The normalized spacial score (nSPS) is 14.3. The minimum atomic E-state index is -0.0731. The number of amides is 1. The molecule has 8 heteroatoms. The molecular formula is C20H27IN6O. The van der Waals surface area contributed by atoms with Crippen LogP contribution in [0.2, 0.25) is 0 Å². The van der Waals surface area contributed by atoms with Crippen molar-refractivity contribution in [1.82, 2.24) is 20.5 Å². The van der Waals surface area contributed by atoms with Crippen LogP contribution in [-0.2, 0) is 6.54 Å². The molecule has 0 bridgehead atoms. The zero-order chi connectivity index (χ0) is 19.1. The van der Waals surface area contributed by atoms with E-state index in [-0.39, 0.29) is 29.9 Å². The van der Waals surface area contributed by atoms with Crippen LogP contribution in [-0.4, -0.2) is 62.0 Å². The second-order valence-corrected chi connectivity index (χ2v) is 6.34. The van der Waals surface area contributed by atoms with Gasteiger partial charge in [0.2, 0.25) is 0 Å². The topological polar surface area (TPSA) is 72.9 Å². The fourth-order valence-corrected chi connectivity index (χ4v) is 3.12. The first kappa shape index (κ1) is 21.9. The molecule has 1 fully saturated rings. The number of aromatic nitrogens is 1. The molecule has 3 rings (SSSR count). The lowest BCUT2D eigenvalue weighted by molar-refractivity contribution is 0.0963. The number of nitrogens with zero attached hydrogens (tertiary/aromatic N) is 4. The minimum Gasteiger partial charge on any atom is -0.355 e. The molecule has 0 saturated carbocycles. The molecule has 1 aromatic heterocycles. The number of anilines is 1. The maximum atomic E-state index is 11.6. The average molecular weight is 494 g/mol. The van der Waals surface area contributed by atoms with Crippen LogP contribution in [0.15, 0.2) is 53.7 Å². The van der Waals surface area contributed by atoms with Crippen molar-refractivity contribution in [3.63, 3.8) is 0 Å². The molecule has 1 aromatic carbocycles. The quantitative estimate of drug-likeness (QED) is 0.387. The van der Waals surface area contributed by atoms with Gasteiger partial charge in [0.25, 0.3) is 5.91 Å². The Labute approximate surface area is 183 Å². The van der Waals surface area contributed by atoms with Gasteiger partial charge >= 0.3 is 0 Å². The highest BCUT2D eigenvalue weighted by Gasteiger charge is 2.20. The van der Waals surface area contributed by atoms with Gasteiger partial charge in [0, 0.05) is 58.6 Å². The van der Waals surface area contributed by atoms with E-state index in [4.69, 9.17) is 0 Å². The molecule has 0 aliphatic carbocycles. The van der Waals surface area contributed by atoms with Crippen LogP contribution in [0.4, 0.5) is 5.82 Å². The molecule has 0 atom stereocenters. The fourth-order valence-electron chi connectivity index (χ4n) is 3.12. The Morgan fingerprint density at radius 3 is 2.39 bits per heavy atom. The zero-order valence-electron chi connectivity index (χ0n) is 16.3. The molecule has 150 valence electrons.